The summed E-state index contributed by atoms with van der Waals surface area (Å²) in [5.41, 5.74) is 2.22. The minimum atomic E-state index is 0.487. The van der Waals surface area contributed by atoms with Crippen molar-refractivity contribution in [1.82, 2.24) is 19.9 Å². The van der Waals surface area contributed by atoms with Gasteiger partial charge in [0.25, 0.3) is 0 Å². The van der Waals surface area contributed by atoms with Crippen molar-refractivity contribution in [3.8, 4) is 0 Å². The number of hydrogen-bond donors (Lipinski definition) is 1. The van der Waals surface area contributed by atoms with Gasteiger partial charge >= 0.3 is 0 Å². The van der Waals surface area contributed by atoms with Gasteiger partial charge in [-0.05, 0) is 56.7 Å². The molecule has 1 saturated heterocycles. The molecular formula is C22H31N5. The van der Waals surface area contributed by atoms with Gasteiger partial charge in [0.2, 0.25) is 0 Å². The van der Waals surface area contributed by atoms with Crippen molar-refractivity contribution in [2.45, 2.75) is 57.8 Å². The van der Waals surface area contributed by atoms with Crippen LogP contribution in [-0.4, -0.2) is 39.5 Å². The minimum Gasteiger partial charge on any atom is -0.323 e. The molecule has 1 aliphatic heterocycles. The van der Waals surface area contributed by atoms with Crippen LogP contribution in [0.2, 0.25) is 0 Å². The highest BCUT2D eigenvalue weighted by Crippen LogP contribution is 2.30. The van der Waals surface area contributed by atoms with E-state index in [0.29, 0.717) is 5.92 Å². The maximum atomic E-state index is 4.87. The fourth-order valence-electron chi connectivity index (χ4n) is 4.57. The third kappa shape index (κ3) is 4.83. The Morgan fingerprint density at radius 2 is 2.00 bits per heavy atom. The fourth-order valence-corrected chi connectivity index (χ4v) is 4.57. The molecule has 0 aromatic carbocycles. The summed E-state index contributed by atoms with van der Waals surface area (Å²) in [6, 6.07) is 4.00. The number of aryl methyl sites for hydroxylation is 1. The monoisotopic (exact) mass is 365 g/mol. The second-order valence-corrected chi connectivity index (χ2v) is 8.23. The predicted molar refractivity (Wildman–Crippen MR) is 109 cm³/mol. The number of hydrogen-bond acceptors (Lipinski definition) is 5. The van der Waals surface area contributed by atoms with Crippen molar-refractivity contribution >= 4 is 11.6 Å². The van der Waals surface area contributed by atoms with Crippen LogP contribution in [0, 0.1) is 12.8 Å². The normalized spacial score (nSPS) is 21.9. The van der Waals surface area contributed by atoms with Crippen molar-refractivity contribution in [3.05, 3.63) is 42.0 Å². The zero-order valence-corrected chi connectivity index (χ0v) is 16.4. The van der Waals surface area contributed by atoms with E-state index in [1.165, 1.54) is 58.0 Å². The molecule has 1 atom stereocenters. The van der Waals surface area contributed by atoms with Gasteiger partial charge in [-0.1, -0.05) is 25.3 Å². The number of aromatic nitrogens is 3. The van der Waals surface area contributed by atoms with E-state index >= 15 is 0 Å². The molecular weight excluding hydrogens is 334 g/mol. The number of rotatable bonds is 5. The third-order valence-corrected chi connectivity index (χ3v) is 6.07. The van der Waals surface area contributed by atoms with Crippen LogP contribution < -0.4 is 5.32 Å². The van der Waals surface area contributed by atoms with Crippen LogP contribution in [0.25, 0.3) is 0 Å². The van der Waals surface area contributed by atoms with E-state index in [0.717, 1.165) is 35.4 Å². The second kappa shape index (κ2) is 8.79. The zero-order valence-electron chi connectivity index (χ0n) is 16.4. The lowest BCUT2D eigenvalue weighted by molar-refractivity contribution is 0.159. The van der Waals surface area contributed by atoms with E-state index in [-0.39, 0.29) is 0 Å². The van der Waals surface area contributed by atoms with Gasteiger partial charge in [0.15, 0.2) is 0 Å². The summed E-state index contributed by atoms with van der Waals surface area (Å²) in [4.78, 5) is 16.4. The number of nitrogens with zero attached hydrogens (tertiary/aromatic N) is 4. The highest BCUT2D eigenvalue weighted by atomic mass is 15.1. The van der Waals surface area contributed by atoms with Gasteiger partial charge in [-0.15, -0.1) is 0 Å². The predicted octanol–water partition coefficient (Wildman–Crippen LogP) is 4.68. The molecule has 5 heteroatoms. The molecule has 27 heavy (non-hydrogen) atoms. The number of pyridine rings is 1. The summed E-state index contributed by atoms with van der Waals surface area (Å²) >= 11 is 0. The van der Waals surface area contributed by atoms with E-state index in [9.17, 15) is 0 Å². The Morgan fingerprint density at radius 3 is 2.85 bits per heavy atom. The third-order valence-electron chi connectivity index (χ3n) is 6.07. The van der Waals surface area contributed by atoms with Crippen molar-refractivity contribution in [2.24, 2.45) is 5.92 Å². The van der Waals surface area contributed by atoms with E-state index in [1.54, 1.807) is 12.4 Å². The summed E-state index contributed by atoms with van der Waals surface area (Å²) in [5.74, 6) is 3.04. The molecule has 2 aromatic rings. The number of piperidine rings is 1. The molecule has 2 aromatic heterocycles. The molecule has 0 unspecified atom stereocenters. The number of nitrogens with one attached hydrogen (secondary N) is 1. The lowest BCUT2D eigenvalue weighted by Gasteiger charge is -2.35. The van der Waals surface area contributed by atoms with Crippen LogP contribution in [0.4, 0.5) is 11.6 Å². The molecule has 144 valence electrons. The molecule has 1 N–H and O–H groups in total. The Labute approximate surface area is 162 Å². The van der Waals surface area contributed by atoms with E-state index in [4.69, 9.17) is 4.98 Å². The Kier molecular flexibility index (Phi) is 5.97. The first kappa shape index (κ1) is 18.4. The SMILES string of the molecule is Cc1cccnc1Nc1cncc([C@@H]2CCCN(CC3CCCCC3)C2)n1. The van der Waals surface area contributed by atoms with Crippen LogP contribution >= 0.6 is 0 Å². The lowest BCUT2D eigenvalue weighted by Crippen LogP contribution is -2.38. The molecule has 3 heterocycles. The summed E-state index contributed by atoms with van der Waals surface area (Å²) in [6.07, 6.45) is 15.1. The van der Waals surface area contributed by atoms with Gasteiger partial charge in [0.05, 0.1) is 11.9 Å². The van der Waals surface area contributed by atoms with Gasteiger partial charge in [-0.3, -0.25) is 4.98 Å². The van der Waals surface area contributed by atoms with Crippen molar-refractivity contribution in [2.75, 3.05) is 25.0 Å². The lowest BCUT2D eigenvalue weighted by atomic mass is 9.87. The molecule has 1 aliphatic carbocycles. The van der Waals surface area contributed by atoms with Crippen molar-refractivity contribution in [1.29, 1.82) is 0 Å². The first-order chi connectivity index (χ1) is 13.3. The Balaban J connectivity index is 1.41. The van der Waals surface area contributed by atoms with Crippen molar-refractivity contribution in [3.63, 3.8) is 0 Å². The maximum Gasteiger partial charge on any atom is 0.150 e. The van der Waals surface area contributed by atoms with Crippen LogP contribution in [0.15, 0.2) is 30.7 Å². The van der Waals surface area contributed by atoms with Crippen LogP contribution in [0.5, 0.6) is 0 Å². The fraction of sp³-hybridized carbons (Fsp3) is 0.591. The summed E-state index contributed by atoms with van der Waals surface area (Å²) in [6.45, 7) is 5.69. The van der Waals surface area contributed by atoms with Gasteiger partial charge < -0.3 is 10.2 Å². The molecule has 0 radical (unpaired) electrons. The first-order valence-electron chi connectivity index (χ1n) is 10.5. The van der Waals surface area contributed by atoms with E-state index in [2.05, 4.69) is 33.2 Å². The largest absolute Gasteiger partial charge is 0.323 e. The van der Waals surface area contributed by atoms with Crippen LogP contribution in [-0.2, 0) is 0 Å². The first-order valence-corrected chi connectivity index (χ1v) is 10.5. The zero-order chi connectivity index (χ0) is 18.5. The quantitative estimate of drug-likeness (QED) is 0.833. The average Bonchev–Trinajstić information content (AvgIpc) is 2.71. The molecule has 5 nitrogen and oxygen atoms in total. The standard InChI is InChI=1S/C22H31N5/c1-17-7-5-11-24-22(17)26-21-14-23-13-20(25-21)19-10-6-12-27(16-19)15-18-8-3-2-4-9-18/h5,7,11,13-14,18-19H,2-4,6,8-10,12,15-16H2,1H3,(H,24,25,26)/t19-/m1/s1. The summed E-state index contributed by atoms with van der Waals surface area (Å²) in [5, 5.41) is 3.33. The van der Waals surface area contributed by atoms with Crippen molar-refractivity contribution < 1.29 is 0 Å². The average molecular weight is 366 g/mol. The molecule has 0 spiro atoms. The molecule has 0 amide bonds. The minimum absolute atomic E-state index is 0.487. The molecule has 0 bridgehead atoms. The number of anilines is 2. The van der Waals surface area contributed by atoms with E-state index < -0.39 is 0 Å². The van der Waals surface area contributed by atoms with Crippen LogP contribution in [0.1, 0.15) is 62.1 Å². The molecule has 2 fully saturated rings. The Morgan fingerprint density at radius 1 is 1.11 bits per heavy atom. The number of likely N-dealkylation sites (tertiary alicyclic amines) is 1. The highest BCUT2D eigenvalue weighted by Gasteiger charge is 2.25. The van der Waals surface area contributed by atoms with Gasteiger partial charge in [0.1, 0.15) is 11.6 Å². The Hall–Kier alpha value is -2.01. The molecule has 2 aliphatic rings. The van der Waals surface area contributed by atoms with Gasteiger partial charge in [0, 0.05) is 31.4 Å². The van der Waals surface area contributed by atoms with Gasteiger partial charge in [-0.25, -0.2) is 9.97 Å². The highest BCUT2D eigenvalue weighted by molar-refractivity contribution is 5.54. The smallest absolute Gasteiger partial charge is 0.150 e. The summed E-state index contributed by atoms with van der Waals surface area (Å²) in [7, 11) is 0. The molecule has 4 rings (SSSR count). The summed E-state index contributed by atoms with van der Waals surface area (Å²) < 4.78 is 0. The topological polar surface area (TPSA) is 53.9 Å². The maximum absolute atomic E-state index is 4.87. The van der Waals surface area contributed by atoms with Crippen LogP contribution in [0.3, 0.4) is 0 Å². The Bertz CT molecular complexity index is 741. The second-order valence-electron chi connectivity index (χ2n) is 8.23. The van der Waals surface area contributed by atoms with E-state index in [1.807, 2.05) is 12.3 Å². The van der Waals surface area contributed by atoms with Gasteiger partial charge in [-0.2, -0.15) is 0 Å². The molecule has 1 saturated carbocycles.